The smallest absolute Gasteiger partial charge is 0.303 e. The maximum Gasteiger partial charge on any atom is 0.303 e. The Morgan fingerprint density at radius 2 is 1.40 bits per heavy atom. The van der Waals surface area contributed by atoms with Crippen LogP contribution in [0.4, 0.5) is 5.69 Å². The molecule has 0 radical (unpaired) electrons. The van der Waals surface area contributed by atoms with Gasteiger partial charge >= 0.3 is 17.9 Å². The Bertz CT molecular complexity index is 799. The maximum atomic E-state index is 11.7. The maximum absolute atomic E-state index is 11.7. The van der Waals surface area contributed by atoms with Crippen molar-refractivity contribution < 1.29 is 33.3 Å². The van der Waals surface area contributed by atoms with Crippen molar-refractivity contribution in [1.82, 2.24) is 5.32 Å². The summed E-state index contributed by atoms with van der Waals surface area (Å²) in [6, 6.07) is 7.56. The van der Waals surface area contributed by atoms with Crippen LogP contribution in [0.5, 0.6) is 0 Å². The van der Waals surface area contributed by atoms with Gasteiger partial charge in [0.1, 0.15) is 0 Å². The number of thiocarbonyl (C=S) groups is 1. The summed E-state index contributed by atoms with van der Waals surface area (Å²) in [5, 5.41) is 6.15. The van der Waals surface area contributed by atoms with E-state index < -0.39 is 48.6 Å². The van der Waals surface area contributed by atoms with Crippen molar-refractivity contribution in [2.24, 2.45) is 0 Å². The topological polar surface area (TPSA) is 112 Å². The highest BCUT2D eigenvalue weighted by molar-refractivity contribution is 7.80. The predicted molar refractivity (Wildman–Crippen MR) is 112 cm³/mol. The number of ether oxygens (including phenoxy) is 4. The highest BCUT2D eigenvalue weighted by Gasteiger charge is 2.50. The number of esters is 3. The molecule has 9 nitrogen and oxygen atoms in total. The van der Waals surface area contributed by atoms with Gasteiger partial charge in [0, 0.05) is 26.5 Å². The largest absolute Gasteiger partial charge is 0.456 e. The lowest BCUT2D eigenvalue weighted by molar-refractivity contribution is -0.246. The van der Waals surface area contributed by atoms with E-state index in [1.807, 2.05) is 31.2 Å². The number of hydrogen-bond donors (Lipinski definition) is 2. The lowest BCUT2D eigenvalue weighted by atomic mass is 9.98. The van der Waals surface area contributed by atoms with Crippen molar-refractivity contribution in [1.29, 1.82) is 0 Å². The summed E-state index contributed by atoms with van der Waals surface area (Å²) in [5.74, 6) is -1.83. The van der Waals surface area contributed by atoms with Crippen LogP contribution in [0.15, 0.2) is 24.3 Å². The highest BCUT2D eigenvalue weighted by Crippen LogP contribution is 2.27. The summed E-state index contributed by atoms with van der Waals surface area (Å²) in [5.41, 5.74) is 1.85. The molecule has 0 amide bonds. The van der Waals surface area contributed by atoms with E-state index in [1.165, 1.54) is 20.8 Å². The molecule has 1 aromatic rings. The second-order valence-electron chi connectivity index (χ2n) is 6.95. The van der Waals surface area contributed by atoms with E-state index in [9.17, 15) is 14.4 Å². The van der Waals surface area contributed by atoms with Crippen molar-refractivity contribution in [3.63, 3.8) is 0 Å². The minimum absolute atomic E-state index is 0.209. The van der Waals surface area contributed by atoms with Gasteiger partial charge in [0.2, 0.25) is 0 Å². The van der Waals surface area contributed by atoms with E-state index in [2.05, 4.69) is 10.6 Å². The van der Waals surface area contributed by atoms with Crippen LogP contribution in [0.2, 0.25) is 0 Å². The van der Waals surface area contributed by atoms with Gasteiger partial charge in [0.05, 0.1) is 6.10 Å². The SMILES string of the molecule is CC(=O)O[C@@H]1[C@@H](OC(C)=O)[C@H](C)O[C@@H](NC(=S)Nc2ccc(C)cc2)[C@@H]1OC(C)=O. The van der Waals surface area contributed by atoms with Gasteiger partial charge < -0.3 is 29.6 Å². The first kappa shape index (κ1) is 23.6. The fourth-order valence-electron chi connectivity index (χ4n) is 3.06. The summed E-state index contributed by atoms with van der Waals surface area (Å²) in [7, 11) is 0. The molecule has 0 aromatic heterocycles. The molecule has 2 N–H and O–H groups in total. The molecule has 30 heavy (non-hydrogen) atoms. The van der Waals surface area contributed by atoms with Crippen LogP contribution < -0.4 is 10.6 Å². The standard InChI is InChI=1S/C20H26N2O7S/c1-10-6-8-15(9-7-10)21-20(30)22-19-18(29-14(5)25)17(28-13(4)24)16(11(2)26-19)27-12(3)23/h6-9,11,16-19H,1-5H3,(H2,21,22,30)/t11-,16-,17+,18+,19+/m0/s1. The second kappa shape index (κ2) is 10.4. The second-order valence-corrected chi connectivity index (χ2v) is 7.36. The van der Waals surface area contributed by atoms with Crippen molar-refractivity contribution in [2.75, 3.05) is 5.32 Å². The van der Waals surface area contributed by atoms with Crippen LogP contribution in [0, 0.1) is 6.92 Å². The van der Waals surface area contributed by atoms with Gasteiger partial charge in [-0.15, -0.1) is 0 Å². The van der Waals surface area contributed by atoms with Gasteiger partial charge in [-0.05, 0) is 38.2 Å². The highest BCUT2D eigenvalue weighted by atomic mass is 32.1. The van der Waals surface area contributed by atoms with Gasteiger partial charge in [-0.1, -0.05) is 17.7 Å². The van der Waals surface area contributed by atoms with Crippen LogP contribution >= 0.6 is 12.2 Å². The lowest BCUT2D eigenvalue weighted by Gasteiger charge is -2.44. The number of carbonyl (C=O) groups excluding carboxylic acids is 3. The van der Waals surface area contributed by atoms with Gasteiger partial charge in [-0.3, -0.25) is 14.4 Å². The van der Waals surface area contributed by atoms with Crippen LogP contribution in [0.1, 0.15) is 33.3 Å². The predicted octanol–water partition coefficient (Wildman–Crippen LogP) is 1.82. The fraction of sp³-hybridized carbons (Fsp3) is 0.500. The zero-order valence-electron chi connectivity index (χ0n) is 17.5. The van der Waals surface area contributed by atoms with E-state index in [0.29, 0.717) is 0 Å². The zero-order chi connectivity index (χ0) is 22.4. The number of rotatable bonds is 5. The molecule has 0 bridgehead atoms. The van der Waals surface area contributed by atoms with Gasteiger partial charge in [-0.25, -0.2) is 0 Å². The molecule has 0 aliphatic carbocycles. The number of benzene rings is 1. The third kappa shape index (κ3) is 6.67. The van der Waals surface area contributed by atoms with Crippen LogP contribution in [-0.2, 0) is 33.3 Å². The normalized spacial score (nSPS) is 25.6. The molecule has 1 aromatic carbocycles. The van der Waals surface area contributed by atoms with E-state index in [0.717, 1.165) is 11.3 Å². The average molecular weight is 439 g/mol. The van der Waals surface area contributed by atoms with E-state index in [1.54, 1.807) is 6.92 Å². The minimum Gasteiger partial charge on any atom is -0.456 e. The zero-order valence-corrected chi connectivity index (χ0v) is 18.3. The number of hydrogen-bond acceptors (Lipinski definition) is 8. The number of carbonyl (C=O) groups is 3. The first-order valence-electron chi connectivity index (χ1n) is 9.38. The van der Waals surface area contributed by atoms with Crippen molar-refractivity contribution in [3.8, 4) is 0 Å². The van der Waals surface area contributed by atoms with E-state index >= 15 is 0 Å². The van der Waals surface area contributed by atoms with Gasteiger partial charge in [0.15, 0.2) is 29.7 Å². The van der Waals surface area contributed by atoms with Crippen LogP contribution in [-0.4, -0.2) is 53.7 Å². The summed E-state index contributed by atoms with van der Waals surface area (Å²) in [6.07, 6.45) is -4.79. The third-order valence-corrected chi connectivity index (χ3v) is 4.48. The fourth-order valence-corrected chi connectivity index (χ4v) is 3.30. The molecule has 1 heterocycles. The number of anilines is 1. The summed E-state index contributed by atoms with van der Waals surface area (Å²) in [6.45, 7) is 7.27. The Kier molecular flexibility index (Phi) is 8.13. The molecule has 1 aliphatic heterocycles. The molecule has 2 rings (SSSR count). The van der Waals surface area contributed by atoms with Crippen molar-refractivity contribution in [2.45, 2.75) is 65.3 Å². The van der Waals surface area contributed by atoms with Crippen molar-refractivity contribution in [3.05, 3.63) is 29.8 Å². The van der Waals surface area contributed by atoms with E-state index in [-0.39, 0.29) is 5.11 Å². The Hall–Kier alpha value is -2.72. The number of nitrogens with one attached hydrogen (secondary N) is 2. The first-order chi connectivity index (χ1) is 14.1. The minimum atomic E-state index is -1.11. The molecule has 1 fully saturated rings. The monoisotopic (exact) mass is 438 g/mol. The molecule has 10 heteroatoms. The van der Waals surface area contributed by atoms with Gasteiger partial charge in [-0.2, -0.15) is 0 Å². The van der Waals surface area contributed by atoms with Gasteiger partial charge in [0.25, 0.3) is 0 Å². The molecule has 1 aliphatic rings. The Morgan fingerprint density at radius 1 is 0.900 bits per heavy atom. The molecule has 164 valence electrons. The quantitative estimate of drug-likeness (QED) is 0.401. The average Bonchev–Trinajstić information content (AvgIpc) is 2.62. The number of aryl methyl sites for hydroxylation is 1. The molecular weight excluding hydrogens is 412 g/mol. The molecule has 0 spiro atoms. The van der Waals surface area contributed by atoms with Crippen LogP contribution in [0.3, 0.4) is 0 Å². The lowest BCUT2D eigenvalue weighted by Crippen LogP contribution is -2.65. The third-order valence-electron chi connectivity index (χ3n) is 4.26. The van der Waals surface area contributed by atoms with E-state index in [4.69, 9.17) is 31.2 Å². The molecular formula is C20H26N2O7S. The Balaban J connectivity index is 2.23. The molecule has 5 atom stereocenters. The summed E-state index contributed by atoms with van der Waals surface area (Å²) in [4.78, 5) is 34.9. The molecule has 0 saturated carbocycles. The first-order valence-corrected chi connectivity index (χ1v) is 9.79. The molecule has 0 unspecified atom stereocenters. The molecule has 1 saturated heterocycles. The Morgan fingerprint density at radius 3 is 1.93 bits per heavy atom. The Labute approximate surface area is 180 Å². The van der Waals surface area contributed by atoms with Crippen molar-refractivity contribution >= 4 is 40.9 Å². The summed E-state index contributed by atoms with van der Waals surface area (Å²) >= 11 is 5.34. The van der Waals surface area contributed by atoms with Crippen LogP contribution in [0.25, 0.3) is 0 Å². The summed E-state index contributed by atoms with van der Waals surface area (Å²) < 4.78 is 21.9.